The van der Waals surface area contributed by atoms with E-state index in [-0.39, 0.29) is 29.1 Å². The first-order chi connectivity index (χ1) is 14.4. The number of benzene rings is 2. The number of para-hydroxylation sites is 1. The number of ether oxygens (including phenoxy) is 2. The van der Waals surface area contributed by atoms with Crippen LogP contribution in [0.5, 0.6) is 11.5 Å². The number of hydrogen-bond donors (Lipinski definition) is 1. The zero-order valence-electron chi connectivity index (χ0n) is 17.9. The summed E-state index contributed by atoms with van der Waals surface area (Å²) in [7, 11) is 3.24. The van der Waals surface area contributed by atoms with E-state index in [1.165, 1.54) is 12.1 Å². The summed E-state index contributed by atoms with van der Waals surface area (Å²) in [5.74, 6) is 1.16. The molecule has 30 heavy (non-hydrogen) atoms. The van der Waals surface area contributed by atoms with E-state index in [0.29, 0.717) is 18.0 Å². The Bertz CT molecular complexity index is 860. The van der Waals surface area contributed by atoms with Gasteiger partial charge < -0.3 is 14.8 Å². The summed E-state index contributed by atoms with van der Waals surface area (Å²) < 4.78 is 24.2. The molecule has 2 aromatic carbocycles. The van der Waals surface area contributed by atoms with Crippen molar-refractivity contribution in [2.45, 2.75) is 49.0 Å². The molecule has 1 N–H and O–H groups in total. The highest BCUT2D eigenvalue weighted by Crippen LogP contribution is 2.37. The van der Waals surface area contributed by atoms with E-state index in [1.54, 1.807) is 38.1 Å². The largest absolute Gasteiger partial charge is 0.493 e. The average molecular weight is 433 g/mol. The van der Waals surface area contributed by atoms with Gasteiger partial charge in [0.15, 0.2) is 11.5 Å². The van der Waals surface area contributed by atoms with Crippen LogP contribution in [0.4, 0.5) is 4.39 Å². The first kappa shape index (κ1) is 22.4. The minimum absolute atomic E-state index is 0.0362. The van der Waals surface area contributed by atoms with Crippen LogP contribution in [0.2, 0.25) is 0 Å². The molecule has 1 heterocycles. The Morgan fingerprint density at radius 3 is 2.57 bits per heavy atom. The highest BCUT2D eigenvalue weighted by atomic mass is 32.2. The molecule has 2 atom stereocenters. The summed E-state index contributed by atoms with van der Waals surface area (Å²) in [6, 6.07) is 12.2. The molecule has 3 rings (SSSR count). The molecule has 1 saturated heterocycles. The summed E-state index contributed by atoms with van der Waals surface area (Å²) in [5.41, 5.74) is 0.978. The number of carbonyl (C=O) groups is 1. The van der Waals surface area contributed by atoms with Gasteiger partial charge in [-0.25, -0.2) is 4.39 Å². The van der Waals surface area contributed by atoms with E-state index < -0.39 is 0 Å². The van der Waals surface area contributed by atoms with Crippen LogP contribution in [-0.4, -0.2) is 48.9 Å². The second kappa shape index (κ2) is 10.2. The maximum atomic E-state index is 13.2. The van der Waals surface area contributed by atoms with Gasteiger partial charge in [-0.2, -0.15) is 0 Å². The number of halogens is 1. The van der Waals surface area contributed by atoms with Gasteiger partial charge in [-0.05, 0) is 50.6 Å². The zero-order valence-corrected chi connectivity index (χ0v) is 18.7. The van der Waals surface area contributed by atoms with Crippen LogP contribution in [0, 0.1) is 5.82 Å². The van der Waals surface area contributed by atoms with Crippen molar-refractivity contribution in [3.8, 4) is 11.5 Å². The standard InChI is InChI=1S/C23H29FN2O3S/c1-15(2)25-23(27)20-12-19(30-18-10-8-17(24)9-11-18)14-26(20)13-16-6-5-7-21(28-3)22(16)29-4/h5-11,15,19-20H,12-14H2,1-4H3,(H,25,27)/t19-,20+/m1/s1. The van der Waals surface area contributed by atoms with Gasteiger partial charge in [0.05, 0.1) is 20.3 Å². The van der Waals surface area contributed by atoms with Gasteiger partial charge in [-0.1, -0.05) is 12.1 Å². The third-order valence-electron chi connectivity index (χ3n) is 5.07. The molecule has 162 valence electrons. The lowest BCUT2D eigenvalue weighted by Crippen LogP contribution is -2.45. The van der Waals surface area contributed by atoms with E-state index in [2.05, 4.69) is 10.2 Å². The smallest absolute Gasteiger partial charge is 0.237 e. The lowest BCUT2D eigenvalue weighted by Gasteiger charge is -2.25. The molecule has 1 aliphatic rings. The summed E-state index contributed by atoms with van der Waals surface area (Å²) >= 11 is 1.69. The summed E-state index contributed by atoms with van der Waals surface area (Å²) in [4.78, 5) is 16.1. The Hall–Kier alpha value is -2.25. The van der Waals surface area contributed by atoms with Gasteiger partial charge in [0, 0.05) is 34.8 Å². The number of rotatable bonds is 8. The Morgan fingerprint density at radius 2 is 1.93 bits per heavy atom. The molecule has 0 bridgehead atoms. The molecule has 2 aromatic rings. The van der Waals surface area contributed by atoms with Crippen molar-refractivity contribution < 1.29 is 18.7 Å². The summed E-state index contributed by atoms with van der Waals surface area (Å²) in [6.07, 6.45) is 0.729. The minimum atomic E-state index is -0.244. The number of carbonyl (C=O) groups excluding carboxylic acids is 1. The third kappa shape index (κ3) is 5.46. The first-order valence-electron chi connectivity index (χ1n) is 10.1. The molecule has 0 aliphatic carbocycles. The highest BCUT2D eigenvalue weighted by molar-refractivity contribution is 8.00. The number of nitrogens with zero attached hydrogens (tertiary/aromatic N) is 1. The second-order valence-electron chi connectivity index (χ2n) is 7.69. The third-order valence-corrected chi connectivity index (χ3v) is 6.29. The predicted molar refractivity (Wildman–Crippen MR) is 118 cm³/mol. The topological polar surface area (TPSA) is 50.8 Å². The molecule has 1 fully saturated rings. The number of thioether (sulfide) groups is 1. The van der Waals surface area contributed by atoms with Crippen molar-refractivity contribution in [1.29, 1.82) is 0 Å². The van der Waals surface area contributed by atoms with Crippen molar-refractivity contribution >= 4 is 17.7 Å². The Labute approximate surface area is 181 Å². The molecular weight excluding hydrogens is 403 g/mol. The van der Waals surface area contributed by atoms with Crippen molar-refractivity contribution in [2.24, 2.45) is 0 Å². The Balaban J connectivity index is 1.80. The second-order valence-corrected chi connectivity index (χ2v) is 9.06. The molecule has 0 spiro atoms. The Kier molecular flexibility index (Phi) is 7.61. The van der Waals surface area contributed by atoms with Crippen molar-refractivity contribution in [3.05, 3.63) is 53.8 Å². The fourth-order valence-corrected chi connectivity index (χ4v) is 5.00. The van der Waals surface area contributed by atoms with Gasteiger partial charge in [-0.15, -0.1) is 11.8 Å². The van der Waals surface area contributed by atoms with Crippen LogP contribution in [0.15, 0.2) is 47.4 Å². The van der Waals surface area contributed by atoms with Crippen molar-refractivity contribution in [1.82, 2.24) is 10.2 Å². The van der Waals surface area contributed by atoms with E-state index in [0.717, 1.165) is 23.4 Å². The van der Waals surface area contributed by atoms with E-state index in [4.69, 9.17) is 9.47 Å². The fraction of sp³-hybridized carbons (Fsp3) is 0.435. The van der Waals surface area contributed by atoms with Gasteiger partial charge in [0.25, 0.3) is 0 Å². The predicted octanol–water partition coefficient (Wildman–Crippen LogP) is 4.10. The number of amides is 1. The molecular formula is C23H29FN2O3S. The average Bonchev–Trinajstić information content (AvgIpc) is 3.11. The molecule has 5 nitrogen and oxygen atoms in total. The molecule has 0 radical (unpaired) electrons. The quantitative estimate of drug-likeness (QED) is 0.681. The molecule has 1 amide bonds. The maximum absolute atomic E-state index is 13.2. The molecule has 1 aliphatic heterocycles. The number of methoxy groups -OCH3 is 2. The van der Waals surface area contributed by atoms with Gasteiger partial charge in [0.2, 0.25) is 5.91 Å². The van der Waals surface area contributed by atoms with E-state index in [1.807, 2.05) is 32.0 Å². The SMILES string of the molecule is COc1cccc(CN2C[C@H](Sc3ccc(F)cc3)C[C@H]2C(=O)NC(C)C)c1OC. The normalized spacial score (nSPS) is 19.1. The first-order valence-corrected chi connectivity index (χ1v) is 11.0. The van der Waals surface area contributed by atoms with Crippen molar-refractivity contribution in [3.63, 3.8) is 0 Å². The minimum Gasteiger partial charge on any atom is -0.493 e. The highest BCUT2D eigenvalue weighted by Gasteiger charge is 2.37. The van der Waals surface area contributed by atoms with Crippen LogP contribution in [0.25, 0.3) is 0 Å². The summed E-state index contributed by atoms with van der Waals surface area (Å²) in [6.45, 7) is 5.26. The lowest BCUT2D eigenvalue weighted by molar-refractivity contribution is -0.126. The summed E-state index contributed by atoms with van der Waals surface area (Å²) in [5, 5.41) is 3.28. The number of nitrogens with one attached hydrogen (secondary N) is 1. The number of hydrogen-bond acceptors (Lipinski definition) is 5. The van der Waals surface area contributed by atoms with Crippen molar-refractivity contribution in [2.75, 3.05) is 20.8 Å². The number of likely N-dealkylation sites (tertiary alicyclic amines) is 1. The van der Waals surface area contributed by atoms with Gasteiger partial charge >= 0.3 is 0 Å². The van der Waals surface area contributed by atoms with Crippen LogP contribution >= 0.6 is 11.8 Å². The van der Waals surface area contributed by atoms with Crippen LogP contribution in [0.1, 0.15) is 25.8 Å². The molecule has 0 unspecified atom stereocenters. The molecule has 0 aromatic heterocycles. The van der Waals surface area contributed by atoms with E-state index in [9.17, 15) is 9.18 Å². The lowest BCUT2D eigenvalue weighted by atomic mass is 10.1. The van der Waals surface area contributed by atoms with Crippen LogP contribution < -0.4 is 14.8 Å². The van der Waals surface area contributed by atoms with E-state index >= 15 is 0 Å². The molecule has 0 saturated carbocycles. The Morgan fingerprint density at radius 1 is 1.20 bits per heavy atom. The fourth-order valence-electron chi connectivity index (χ4n) is 3.78. The van der Waals surface area contributed by atoms with Crippen LogP contribution in [0.3, 0.4) is 0 Å². The maximum Gasteiger partial charge on any atom is 0.237 e. The zero-order chi connectivity index (χ0) is 21.7. The molecule has 7 heteroatoms. The monoisotopic (exact) mass is 432 g/mol. The van der Waals surface area contributed by atoms with Gasteiger partial charge in [-0.3, -0.25) is 9.69 Å². The van der Waals surface area contributed by atoms with Gasteiger partial charge in [0.1, 0.15) is 5.82 Å². The van der Waals surface area contributed by atoms with Crippen LogP contribution in [-0.2, 0) is 11.3 Å².